The van der Waals surface area contributed by atoms with Gasteiger partial charge in [-0.25, -0.2) is 4.98 Å². The number of fused-ring (bicyclic) bond motifs is 3. The van der Waals surface area contributed by atoms with E-state index in [2.05, 4.69) is 31.1 Å². The Labute approximate surface area is 211 Å². The lowest BCUT2D eigenvalue weighted by Crippen LogP contribution is -2.48. The molecule has 0 aliphatic heterocycles. The SMILES string of the molecule is CC1(C)C2CC[C@@]1(C)[C@@H](NC(=O)c1[nH]c(-c3cccc(Cl)c3)c3cccc[n+]13)C2.O=C([O-])C(F)(F)F. The number of aromatic amines is 1. The fraction of sp³-hybridized carbons (Fsp3) is 0.423. The number of rotatable bonds is 3. The zero-order valence-electron chi connectivity index (χ0n) is 20.1. The van der Waals surface area contributed by atoms with Crippen molar-refractivity contribution < 1.29 is 32.3 Å². The predicted molar refractivity (Wildman–Crippen MR) is 126 cm³/mol. The number of carboxylic acids is 1. The molecule has 1 aromatic carbocycles. The largest absolute Gasteiger partial charge is 0.542 e. The van der Waals surface area contributed by atoms with Crippen molar-refractivity contribution in [3.05, 3.63) is 59.5 Å². The van der Waals surface area contributed by atoms with Crippen molar-refractivity contribution in [3.63, 3.8) is 0 Å². The number of aliphatic carboxylic acids is 1. The molecule has 2 fully saturated rings. The molecule has 3 aromatic rings. The summed E-state index contributed by atoms with van der Waals surface area (Å²) in [6.45, 7) is 7.09. The molecule has 6 nitrogen and oxygen atoms in total. The lowest BCUT2D eigenvalue weighted by molar-refractivity contribution is -0.514. The van der Waals surface area contributed by atoms with Crippen LogP contribution in [0.5, 0.6) is 0 Å². The van der Waals surface area contributed by atoms with E-state index in [1.165, 1.54) is 12.8 Å². The molecule has 0 spiro atoms. The fourth-order valence-electron chi connectivity index (χ4n) is 5.76. The molecule has 2 heterocycles. The Hall–Kier alpha value is -3.07. The van der Waals surface area contributed by atoms with Gasteiger partial charge in [-0.2, -0.15) is 17.6 Å². The molecular formula is C26H27ClF3N3O3. The van der Waals surface area contributed by atoms with Gasteiger partial charge >= 0.3 is 17.9 Å². The van der Waals surface area contributed by atoms with Crippen molar-refractivity contribution in [1.82, 2.24) is 10.3 Å². The summed E-state index contributed by atoms with van der Waals surface area (Å²) < 4.78 is 33.5. The number of benzene rings is 1. The first kappa shape index (κ1) is 26.0. The Morgan fingerprint density at radius 1 is 1.17 bits per heavy atom. The molecule has 2 aliphatic carbocycles. The van der Waals surface area contributed by atoms with Gasteiger partial charge in [0.15, 0.2) is 11.2 Å². The summed E-state index contributed by atoms with van der Waals surface area (Å²) in [6, 6.07) is 13.9. The third kappa shape index (κ3) is 4.45. The summed E-state index contributed by atoms with van der Waals surface area (Å²) in [5.74, 6) is -1.81. The van der Waals surface area contributed by atoms with E-state index >= 15 is 0 Å². The highest BCUT2D eigenvalue weighted by molar-refractivity contribution is 6.30. The molecule has 2 aliphatic rings. The maximum Gasteiger partial charge on any atom is 0.430 e. The number of nitrogens with one attached hydrogen (secondary N) is 2. The lowest BCUT2D eigenvalue weighted by atomic mass is 9.69. The molecule has 2 N–H and O–H groups in total. The van der Waals surface area contributed by atoms with Crippen LogP contribution in [-0.2, 0) is 4.79 Å². The number of alkyl halides is 3. The number of nitrogens with zero attached hydrogens (tertiary/aromatic N) is 1. The molecule has 36 heavy (non-hydrogen) atoms. The second-order valence-corrected chi connectivity index (χ2v) is 10.7. The molecule has 1 unspecified atom stereocenters. The number of hydrogen-bond acceptors (Lipinski definition) is 3. The van der Waals surface area contributed by atoms with Crippen LogP contribution in [0.25, 0.3) is 16.8 Å². The second-order valence-electron chi connectivity index (χ2n) is 10.2. The molecule has 2 bridgehead atoms. The van der Waals surface area contributed by atoms with Gasteiger partial charge < -0.3 is 15.2 Å². The smallest absolute Gasteiger partial charge is 0.430 e. The van der Waals surface area contributed by atoms with E-state index in [0.717, 1.165) is 23.2 Å². The van der Waals surface area contributed by atoms with Gasteiger partial charge in [0.25, 0.3) is 0 Å². The monoisotopic (exact) mass is 521 g/mol. The number of imidazole rings is 1. The topological polar surface area (TPSA) is 89.1 Å². The normalized spacial score (nSPS) is 24.3. The standard InChI is InChI=1S/C24H26ClN3O.C2HF3O2/c1-23(2)16-10-11-24(23,3)19(14-16)26-22(29)21-27-20(15-7-6-8-17(25)13-15)18-9-4-5-12-28(18)21;3-2(4,5)1(6)7/h4-9,12-13,16,19H,10-11,14H2,1-3H3,(H,26,29);(H,6,7)/t16?,19-,24-;/m0./s1. The van der Waals surface area contributed by atoms with Crippen molar-refractivity contribution in [3.8, 4) is 11.3 Å². The van der Waals surface area contributed by atoms with E-state index < -0.39 is 12.1 Å². The third-order valence-electron chi connectivity index (χ3n) is 8.26. The van der Waals surface area contributed by atoms with Crippen LogP contribution in [0.3, 0.4) is 0 Å². The molecule has 10 heteroatoms. The van der Waals surface area contributed by atoms with Gasteiger partial charge in [-0.3, -0.25) is 4.79 Å². The summed E-state index contributed by atoms with van der Waals surface area (Å²) in [4.78, 5) is 25.5. The van der Waals surface area contributed by atoms with Crippen molar-refractivity contribution in [2.24, 2.45) is 16.7 Å². The number of pyridine rings is 1. The van der Waals surface area contributed by atoms with Crippen LogP contribution in [0.2, 0.25) is 5.02 Å². The number of H-pyrrole nitrogens is 1. The van der Waals surface area contributed by atoms with Crippen LogP contribution < -0.4 is 14.8 Å². The van der Waals surface area contributed by atoms with Gasteiger partial charge in [0, 0.05) is 16.6 Å². The minimum atomic E-state index is -5.19. The zero-order chi connectivity index (χ0) is 26.5. The van der Waals surface area contributed by atoms with Gasteiger partial charge in [-0.05, 0) is 60.3 Å². The van der Waals surface area contributed by atoms with Crippen molar-refractivity contribution >= 4 is 29.0 Å². The quantitative estimate of drug-likeness (QED) is 0.503. The number of aromatic nitrogens is 2. The third-order valence-corrected chi connectivity index (χ3v) is 8.49. The summed E-state index contributed by atoms with van der Waals surface area (Å²) in [5.41, 5.74) is 3.24. The van der Waals surface area contributed by atoms with E-state index in [4.69, 9.17) is 21.5 Å². The number of halogens is 4. The highest BCUT2D eigenvalue weighted by Crippen LogP contribution is 2.65. The Morgan fingerprint density at radius 2 is 1.86 bits per heavy atom. The molecule has 2 saturated carbocycles. The number of amides is 1. The maximum atomic E-state index is 13.4. The highest BCUT2D eigenvalue weighted by Gasteiger charge is 2.61. The van der Waals surface area contributed by atoms with E-state index in [-0.39, 0.29) is 22.8 Å². The summed E-state index contributed by atoms with van der Waals surface area (Å²) >= 11 is 6.21. The van der Waals surface area contributed by atoms with Crippen molar-refractivity contribution in [1.29, 1.82) is 0 Å². The molecular weight excluding hydrogens is 495 g/mol. The van der Waals surface area contributed by atoms with Crippen LogP contribution in [0.4, 0.5) is 13.2 Å². The van der Waals surface area contributed by atoms with E-state index in [9.17, 15) is 18.0 Å². The van der Waals surface area contributed by atoms with E-state index in [0.29, 0.717) is 16.8 Å². The van der Waals surface area contributed by atoms with Crippen LogP contribution in [0, 0.1) is 16.7 Å². The van der Waals surface area contributed by atoms with Crippen LogP contribution in [-0.4, -0.2) is 29.1 Å². The Kier molecular flexibility index (Phi) is 6.58. The van der Waals surface area contributed by atoms with E-state index in [1.807, 2.05) is 53.1 Å². The van der Waals surface area contributed by atoms with Crippen molar-refractivity contribution in [2.75, 3.05) is 0 Å². The van der Waals surface area contributed by atoms with Gasteiger partial charge in [0.2, 0.25) is 0 Å². The average Bonchev–Trinajstić information content (AvgIpc) is 3.35. The van der Waals surface area contributed by atoms with Gasteiger partial charge in [-0.1, -0.05) is 50.6 Å². The van der Waals surface area contributed by atoms with Gasteiger partial charge in [-0.15, -0.1) is 0 Å². The van der Waals surface area contributed by atoms with Crippen molar-refractivity contribution in [2.45, 2.75) is 52.3 Å². The molecule has 2 aromatic heterocycles. The summed E-state index contributed by atoms with van der Waals surface area (Å²) in [6.07, 6.45) is 0.262. The minimum Gasteiger partial charge on any atom is -0.542 e. The number of carbonyl (C=O) groups is 2. The highest BCUT2D eigenvalue weighted by atomic mass is 35.5. The molecule has 0 radical (unpaired) electrons. The minimum absolute atomic E-state index is 0.0472. The maximum absolute atomic E-state index is 13.4. The van der Waals surface area contributed by atoms with Crippen LogP contribution in [0.15, 0.2) is 48.7 Å². The number of carboxylic acid groups (broad SMARTS) is 1. The fourth-order valence-corrected chi connectivity index (χ4v) is 5.95. The Bertz CT molecular complexity index is 1320. The zero-order valence-corrected chi connectivity index (χ0v) is 20.8. The first-order chi connectivity index (χ1) is 16.8. The van der Waals surface area contributed by atoms with Gasteiger partial charge in [0.1, 0.15) is 5.97 Å². The summed E-state index contributed by atoms with van der Waals surface area (Å²) in [7, 11) is 0. The molecule has 1 amide bonds. The molecule has 5 rings (SSSR count). The van der Waals surface area contributed by atoms with Gasteiger partial charge in [0.05, 0.1) is 6.20 Å². The second kappa shape index (κ2) is 9.10. The number of carbonyl (C=O) groups excluding carboxylic acids is 2. The van der Waals surface area contributed by atoms with Crippen LogP contribution >= 0.6 is 11.6 Å². The number of hydrogen-bond donors (Lipinski definition) is 2. The van der Waals surface area contributed by atoms with E-state index in [1.54, 1.807) is 0 Å². The summed E-state index contributed by atoms with van der Waals surface area (Å²) in [5, 5.41) is 12.8. The lowest BCUT2D eigenvalue weighted by Gasteiger charge is -2.39. The average molecular weight is 522 g/mol. The first-order valence-electron chi connectivity index (χ1n) is 11.6. The predicted octanol–water partition coefficient (Wildman–Crippen LogP) is 4.32. The molecule has 3 atom stereocenters. The Morgan fingerprint density at radius 3 is 2.42 bits per heavy atom. The first-order valence-corrected chi connectivity index (χ1v) is 12.0. The molecule has 0 saturated heterocycles. The molecule has 192 valence electrons. The Balaban J connectivity index is 0.000000384. The van der Waals surface area contributed by atoms with Crippen LogP contribution in [0.1, 0.15) is 50.7 Å².